The van der Waals surface area contributed by atoms with E-state index in [1.807, 2.05) is 36.1 Å². The van der Waals surface area contributed by atoms with E-state index >= 15 is 0 Å². The van der Waals surface area contributed by atoms with Crippen molar-refractivity contribution in [2.24, 2.45) is 5.92 Å². The number of rotatable bonds is 8. The number of carbonyl (C=O) groups is 3. The summed E-state index contributed by atoms with van der Waals surface area (Å²) in [4.78, 5) is 38.8. The van der Waals surface area contributed by atoms with E-state index in [-0.39, 0.29) is 24.3 Å². The molecule has 2 aliphatic rings. The van der Waals surface area contributed by atoms with Gasteiger partial charge in [-0.3, -0.25) is 9.59 Å². The summed E-state index contributed by atoms with van der Waals surface area (Å²) in [6.45, 7) is 1.87. The normalized spacial score (nSPS) is 23.2. The number of ether oxygens (including phenoxy) is 1. The van der Waals surface area contributed by atoms with Gasteiger partial charge < -0.3 is 20.1 Å². The molecule has 1 heterocycles. The Morgan fingerprint density at radius 3 is 2.70 bits per heavy atom. The number of nitrogens with zero attached hydrogens (tertiary/aromatic N) is 1. The first kappa shape index (κ1) is 19.2. The minimum atomic E-state index is -1.05. The molecule has 1 saturated heterocycles. The smallest absolute Gasteiger partial charge is 0.326 e. The Morgan fingerprint density at radius 2 is 2.11 bits per heavy atom. The largest absolute Gasteiger partial charge is 0.497 e. The predicted molar refractivity (Wildman–Crippen MR) is 98.2 cm³/mol. The van der Waals surface area contributed by atoms with E-state index < -0.39 is 24.0 Å². The first-order chi connectivity index (χ1) is 13.0. The summed E-state index contributed by atoms with van der Waals surface area (Å²) in [5.41, 5.74) is 0.842. The van der Waals surface area contributed by atoms with E-state index in [1.165, 1.54) is 0 Å². The molecule has 0 spiro atoms. The number of amides is 2. The summed E-state index contributed by atoms with van der Waals surface area (Å²) in [5.74, 6) is -1.42. The molecule has 1 saturated carbocycles. The first-order valence-corrected chi connectivity index (χ1v) is 9.44. The molecule has 7 heteroatoms. The van der Waals surface area contributed by atoms with Gasteiger partial charge in [0.05, 0.1) is 19.1 Å². The molecule has 2 amide bonds. The quantitative estimate of drug-likeness (QED) is 0.727. The summed E-state index contributed by atoms with van der Waals surface area (Å²) in [6.07, 6.45) is 2.98. The van der Waals surface area contributed by atoms with Gasteiger partial charge in [0.1, 0.15) is 11.8 Å². The van der Waals surface area contributed by atoms with Crippen LogP contribution in [0.3, 0.4) is 0 Å². The maximum Gasteiger partial charge on any atom is 0.326 e. The van der Waals surface area contributed by atoms with Crippen molar-refractivity contribution in [2.75, 3.05) is 7.11 Å². The lowest BCUT2D eigenvalue weighted by atomic mass is 9.92. The van der Waals surface area contributed by atoms with Crippen molar-refractivity contribution in [3.8, 4) is 5.75 Å². The number of likely N-dealkylation sites (tertiary alicyclic amines) is 1. The van der Waals surface area contributed by atoms with E-state index in [9.17, 15) is 19.5 Å². The van der Waals surface area contributed by atoms with Crippen LogP contribution in [-0.2, 0) is 14.4 Å². The molecule has 3 rings (SSSR count). The number of hydrogen-bond donors (Lipinski definition) is 2. The third-order valence-electron chi connectivity index (χ3n) is 5.27. The highest BCUT2D eigenvalue weighted by molar-refractivity contribution is 5.92. The number of aliphatic carboxylic acids is 1. The van der Waals surface area contributed by atoms with Gasteiger partial charge in [0, 0.05) is 12.5 Å². The zero-order chi connectivity index (χ0) is 19.6. The molecule has 7 nitrogen and oxygen atoms in total. The average Bonchev–Trinajstić information content (AvgIpc) is 3.43. The van der Waals surface area contributed by atoms with Gasteiger partial charge in [-0.25, -0.2) is 4.79 Å². The lowest BCUT2D eigenvalue weighted by Crippen LogP contribution is -2.45. The number of nitrogens with one attached hydrogen (secondary N) is 1. The lowest BCUT2D eigenvalue weighted by molar-refractivity contribution is -0.142. The Kier molecular flexibility index (Phi) is 5.68. The van der Waals surface area contributed by atoms with Crippen molar-refractivity contribution in [3.05, 3.63) is 29.8 Å². The molecule has 0 aromatic heterocycles. The Morgan fingerprint density at radius 1 is 1.37 bits per heavy atom. The number of hydrogen-bond acceptors (Lipinski definition) is 4. The number of carbonyl (C=O) groups excluding carboxylic acids is 2. The number of carboxylic acid groups (broad SMARTS) is 1. The Hall–Kier alpha value is -2.57. The fraction of sp³-hybridized carbons (Fsp3) is 0.550. The molecule has 146 valence electrons. The summed E-state index contributed by atoms with van der Waals surface area (Å²) in [6, 6.07) is 6.24. The van der Waals surface area contributed by atoms with Gasteiger partial charge in [0.15, 0.2) is 0 Å². The van der Waals surface area contributed by atoms with Gasteiger partial charge in [0.2, 0.25) is 11.8 Å². The van der Waals surface area contributed by atoms with Crippen LogP contribution < -0.4 is 10.1 Å². The number of benzene rings is 1. The Labute approximate surface area is 158 Å². The topological polar surface area (TPSA) is 95.9 Å². The van der Waals surface area contributed by atoms with Crippen molar-refractivity contribution in [1.82, 2.24) is 10.2 Å². The second kappa shape index (κ2) is 7.98. The van der Waals surface area contributed by atoms with Gasteiger partial charge in [-0.05, 0) is 37.0 Å². The first-order valence-electron chi connectivity index (χ1n) is 9.44. The summed E-state index contributed by atoms with van der Waals surface area (Å²) in [7, 11) is 1.57. The van der Waals surface area contributed by atoms with Crippen LogP contribution in [0, 0.1) is 5.92 Å². The molecule has 1 aliphatic heterocycles. The Bertz CT molecular complexity index is 731. The minimum Gasteiger partial charge on any atom is -0.497 e. The zero-order valence-corrected chi connectivity index (χ0v) is 15.7. The molecule has 3 atom stereocenters. The molecule has 2 N–H and O–H groups in total. The molecule has 27 heavy (non-hydrogen) atoms. The average molecular weight is 374 g/mol. The number of methoxy groups -OCH3 is 1. The van der Waals surface area contributed by atoms with Crippen molar-refractivity contribution in [3.63, 3.8) is 0 Å². The van der Waals surface area contributed by atoms with Gasteiger partial charge in [0.25, 0.3) is 0 Å². The van der Waals surface area contributed by atoms with Crippen LogP contribution in [0.1, 0.15) is 50.6 Å². The molecular formula is C20H26N2O5. The predicted octanol–water partition coefficient (Wildman–Crippen LogP) is 2.12. The van der Waals surface area contributed by atoms with Gasteiger partial charge >= 0.3 is 5.97 Å². The van der Waals surface area contributed by atoms with Crippen molar-refractivity contribution in [2.45, 2.75) is 57.2 Å². The van der Waals surface area contributed by atoms with E-state index in [1.54, 1.807) is 7.11 Å². The van der Waals surface area contributed by atoms with Crippen LogP contribution in [0.2, 0.25) is 0 Å². The molecular weight excluding hydrogens is 348 g/mol. The summed E-state index contributed by atoms with van der Waals surface area (Å²) >= 11 is 0. The van der Waals surface area contributed by atoms with E-state index in [2.05, 4.69) is 5.32 Å². The van der Waals surface area contributed by atoms with Crippen LogP contribution >= 0.6 is 0 Å². The fourth-order valence-electron chi connectivity index (χ4n) is 3.82. The lowest BCUT2D eigenvalue weighted by Gasteiger charge is -2.29. The summed E-state index contributed by atoms with van der Waals surface area (Å²) < 4.78 is 5.29. The van der Waals surface area contributed by atoms with Gasteiger partial charge in [-0.2, -0.15) is 0 Å². The van der Waals surface area contributed by atoms with E-state index in [4.69, 9.17) is 4.74 Å². The minimum absolute atomic E-state index is 0.0483. The molecule has 3 unspecified atom stereocenters. The zero-order valence-electron chi connectivity index (χ0n) is 15.7. The SMILES string of the molecule is CCCC(NC(=O)C1CC(=O)N(C2CC2)C1c1cccc(OC)c1)C(=O)O. The molecule has 1 aromatic carbocycles. The van der Waals surface area contributed by atoms with Gasteiger partial charge in [-0.1, -0.05) is 25.5 Å². The van der Waals surface area contributed by atoms with Crippen LogP contribution in [-0.4, -0.2) is 47.0 Å². The van der Waals surface area contributed by atoms with E-state index in [0.717, 1.165) is 18.4 Å². The van der Waals surface area contributed by atoms with Gasteiger partial charge in [-0.15, -0.1) is 0 Å². The highest BCUT2D eigenvalue weighted by atomic mass is 16.5. The second-order valence-electron chi connectivity index (χ2n) is 7.25. The highest BCUT2D eigenvalue weighted by Gasteiger charge is 2.50. The van der Waals surface area contributed by atoms with E-state index in [0.29, 0.717) is 18.6 Å². The van der Waals surface area contributed by atoms with Crippen molar-refractivity contribution >= 4 is 17.8 Å². The molecule has 0 bridgehead atoms. The molecule has 0 radical (unpaired) electrons. The standard InChI is InChI=1S/C20H26N2O5/c1-3-5-16(20(25)26)21-19(24)15-11-17(23)22(13-8-9-13)18(15)12-6-4-7-14(10-12)27-2/h4,6-7,10,13,15-16,18H,3,5,8-9,11H2,1-2H3,(H,21,24)(H,25,26). The van der Waals surface area contributed by atoms with Crippen LogP contribution in [0.25, 0.3) is 0 Å². The van der Waals surface area contributed by atoms with Crippen LogP contribution in [0.15, 0.2) is 24.3 Å². The Balaban J connectivity index is 1.88. The van der Waals surface area contributed by atoms with Crippen molar-refractivity contribution in [1.29, 1.82) is 0 Å². The molecule has 2 fully saturated rings. The number of carboxylic acids is 1. The second-order valence-corrected chi connectivity index (χ2v) is 7.25. The molecule has 1 aromatic rings. The highest BCUT2D eigenvalue weighted by Crippen LogP contribution is 2.45. The third-order valence-corrected chi connectivity index (χ3v) is 5.27. The van der Waals surface area contributed by atoms with Crippen LogP contribution in [0.5, 0.6) is 5.75 Å². The fourth-order valence-corrected chi connectivity index (χ4v) is 3.82. The third kappa shape index (κ3) is 4.07. The maximum atomic E-state index is 12.9. The monoisotopic (exact) mass is 374 g/mol. The maximum absolute atomic E-state index is 12.9. The summed E-state index contributed by atoms with van der Waals surface area (Å²) in [5, 5.41) is 12.0. The van der Waals surface area contributed by atoms with Crippen molar-refractivity contribution < 1.29 is 24.2 Å². The molecule has 1 aliphatic carbocycles. The van der Waals surface area contributed by atoms with Crippen LogP contribution in [0.4, 0.5) is 0 Å².